The van der Waals surface area contributed by atoms with Gasteiger partial charge in [-0.25, -0.2) is 0 Å². The van der Waals surface area contributed by atoms with E-state index in [1.807, 2.05) is 0 Å². The van der Waals surface area contributed by atoms with Crippen molar-refractivity contribution in [2.24, 2.45) is 5.73 Å². The molecular weight excluding hydrogens is 78.1 g/mol. The normalized spacial score (nSPS) is 22.2. The smallest absolute Gasteiger partial charge is 0.276 e. The maximum absolute atomic E-state index is 5.10. The first-order valence-corrected chi connectivity index (χ1v) is 1.62. The van der Waals surface area contributed by atoms with Gasteiger partial charge in [0.2, 0.25) is 6.04 Å². The molecule has 3 nitrogen and oxygen atoms in total. The summed E-state index contributed by atoms with van der Waals surface area (Å²) in [6, 6.07) is 0.565. The van der Waals surface area contributed by atoms with Crippen molar-refractivity contribution < 1.29 is 10.8 Å². The van der Waals surface area contributed by atoms with Crippen molar-refractivity contribution in [1.29, 1.82) is 0 Å². The van der Waals surface area contributed by atoms with Gasteiger partial charge in [0.1, 0.15) is 0 Å². The molecule has 1 aliphatic carbocycles. The van der Waals surface area contributed by atoms with E-state index < -0.39 is 0 Å². The lowest BCUT2D eigenvalue weighted by molar-refractivity contribution is -0.122. The van der Waals surface area contributed by atoms with Crippen molar-refractivity contribution in [2.75, 3.05) is 0 Å². The molecule has 0 heterocycles. The van der Waals surface area contributed by atoms with Crippen LogP contribution in [0, 0.1) is 6.04 Å². The lowest BCUT2D eigenvalue weighted by atomic mass is 10.8. The van der Waals surface area contributed by atoms with Crippen LogP contribution in [0.2, 0.25) is 0 Å². The summed E-state index contributed by atoms with van der Waals surface area (Å²) >= 11 is 0. The molecule has 1 fully saturated rings. The summed E-state index contributed by atoms with van der Waals surface area (Å²) in [6.07, 6.45) is 0. The fraction of sp³-hybridized carbons (Fsp3) is 0. The number of nitrogens with two attached hydrogens (primary N) is 3. The third-order valence-corrected chi connectivity index (χ3v) is 0.808. The van der Waals surface area contributed by atoms with Gasteiger partial charge in [0, 0.05) is 0 Å². The summed E-state index contributed by atoms with van der Waals surface area (Å²) < 4.78 is 0. The van der Waals surface area contributed by atoms with E-state index >= 15 is 0 Å². The minimum absolute atomic E-state index is 0.565. The maximum Gasteiger partial charge on any atom is 0.276 e. The van der Waals surface area contributed by atoms with Crippen LogP contribution in [0.4, 0.5) is 0 Å². The molecule has 0 aromatic heterocycles. The van der Waals surface area contributed by atoms with E-state index in [1.165, 1.54) is 0 Å². The van der Waals surface area contributed by atoms with Gasteiger partial charge in [0.05, 0.1) is 0 Å². The molecule has 1 saturated carbocycles. The molecule has 1 radical (unpaired) electrons. The van der Waals surface area contributed by atoms with E-state index in [9.17, 15) is 0 Å². The molecule has 6 heavy (non-hydrogen) atoms. The molecule has 0 aliphatic heterocycles. The van der Waals surface area contributed by atoms with Gasteiger partial charge in [-0.15, -0.1) is 0 Å². The first kappa shape index (κ1) is 3.49. The predicted octanol–water partition coefficient (Wildman–Crippen LogP) is -4.11. The third kappa shape index (κ3) is 0.202. The second-order valence-electron chi connectivity index (χ2n) is 1.24. The second kappa shape index (κ2) is 0.680. The van der Waals surface area contributed by atoms with Crippen LogP contribution in [0.3, 0.4) is 0 Å². The zero-order valence-corrected chi connectivity index (χ0v) is 3.23. The molecule has 6 N–H and O–H groups in total. The first-order chi connectivity index (χ1) is 2.73. The quantitative estimate of drug-likeness (QED) is 0.274. The molecule has 0 amide bonds. The number of hydrogen-bond acceptors (Lipinski definition) is 1. The van der Waals surface area contributed by atoms with Gasteiger partial charge in [-0.1, -0.05) is 0 Å². The van der Waals surface area contributed by atoms with Gasteiger partial charge < -0.3 is 5.73 Å². The van der Waals surface area contributed by atoms with Crippen LogP contribution in [0.5, 0.6) is 0 Å². The van der Waals surface area contributed by atoms with E-state index in [2.05, 4.69) is 0 Å². The van der Waals surface area contributed by atoms with E-state index in [-0.39, 0.29) is 0 Å². The molecule has 0 saturated heterocycles. The van der Waals surface area contributed by atoms with Crippen molar-refractivity contribution in [1.82, 2.24) is 0 Å². The molecule has 1 rings (SSSR count). The van der Waals surface area contributed by atoms with Gasteiger partial charge >= 0.3 is 0 Å². The summed E-state index contributed by atoms with van der Waals surface area (Å²) in [6.45, 7) is 0. The number of rotatable bonds is 0. The summed E-state index contributed by atoms with van der Waals surface area (Å²) in [4.78, 5) is 0. The van der Waals surface area contributed by atoms with E-state index in [0.717, 1.165) is 0 Å². The van der Waals surface area contributed by atoms with Crippen molar-refractivity contribution in [3.05, 3.63) is 6.04 Å². The van der Waals surface area contributed by atoms with E-state index in [1.54, 1.807) is 0 Å². The van der Waals surface area contributed by atoms with Gasteiger partial charge in [-0.3, -0.25) is 10.8 Å². The van der Waals surface area contributed by atoms with Crippen LogP contribution in [-0.2, 0) is 0 Å². The molecule has 0 unspecified atom stereocenters. The van der Waals surface area contributed by atoms with Crippen LogP contribution in [-0.4, -0.2) is 11.4 Å². The fourth-order valence-corrected chi connectivity index (χ4v) is 0.233. The minimum Gasteiger partial charge on any atom is -0.305 e. The summed E-state index contributed by atoms with van der Waals surface area (Å²) in [7, 11) is 0. The monoisotopic (exact) mass is 84.1 g/mol. The maximum atomic E-state index is 5.10. The molecule has 31 valence electrons. The molecule has 0 aromatic rings. The molecule has 1 aliphatic rings. The molecule has 0 bridgehead atoms. The zero-order valence-electron chi connectivity index (χ0n) is 3.23. The Hall–Kier alpha value is -0.700. The standard InChI is InChI=1S/C3H4N3/c4-1-2(5)3(1)6/h4-5H,6H2/p+2. The van der Waals surface area contributed by atoms with Crippen molar-refractivity contribution in [3.63, 3.8) is 0 Å². The van der Waals surface area contributed by atoms with Crippen LogP contribution < -0.4 is 16.6 Å². The topological polar surface area (TPSA) is 77.2 Å². The van der Waals surface area contributed by atoms with Crippen LogP contribution in [0.1, 0.15) is 0 Å². The highest BCUT2D eigenvalue weighted by Gasteiger charge is 2.51. The number of hydrogen-bond donors (Lipinski definition) is 3. The van der Waals surface area contributed by atoms with Crippen molar-refractivity contribution >= 4 is 11.4 Å². The molecular formula is C3H6N3+2. The molecule has 0 atom stereocenters. The second-order valence-corrected chi connectivity index (χ2v) is 1.24. The van der Waals surface area contributed by atoms with Gasteiger partial charge in [0.15, 0.2) is 0 Å². The van der Waals surface area contributed by atoms with Crippen molar-refractivity contribution in [2.45, 2.75) is 0 Å². The summed E-state index contributed by atoms with van der Waals surface area (Å²) in [5.74, 6) is 0. The highest BCUT2D eigenvalue weighted by molar-refractivity contribution is 6.70. The Kier molecular flexibility index (Phi) is 0.395. The molecule has 3 heteroatoms. The highest BCUT2D eigenvalue weighted by Crippen LogP contribution is 2.06. The Balaban J connectivity index is 2.75. The highest BCUT2D eigenvalue weighted by atomic mass is 14.8. The SMILES string of the molecule is N[C]1C(=[NH2+])C1=[NH2+]. The molecule has 0 spiro atoms. The van der Waals surface area contributed by atoms with Gasteiger partial charge in [-0.2, -0.15) is 0 Å². The van der Waals surface area contributed by atoms with Gasteiger partial charge in [-0.05, 0) is 0 Å². The Morgan fingerprint density at radius 1 is 1.17 bits per heavy atom. The average molecular weight is 84.1 g/mol. The Morgan fingerprint density at radius 3 is 1.33 bits per heavy atom. The first-order valence-electron chi connectivity index (χ1n) is 1.62. The van der Waals surface area contributed by atoms with E-state index in [4.69, 9.17) is 16.6 Å². The van der Waals surface area contributed by atoms with Crippen molar-refractivity contribution in [3.8, 4) is 0 Å². The zero-order chi connectivity index (χ0) is 4.73. The Morgan fingerprint density at radius 2 is 1.33 bits per heavy atom. The Labute approximate surface area is 35.2 Å². The largest absolute Gasteiger partial charge is 0.305 e. The Bertz CT molecular complexity index is 101. The van der Waals surface area contributed by atoms with Crippen LogP contribution in [0.15, 0.2) is 0 Å². The van der Waals surface area contributed by atoms with E-state index in [0.29, 0.717) is 17.5 Å². The predicted molar refractivity (Wildman–Crippen MR) is 21.3 cm³/mol. The van der Waals surface area contributed by atoms with Crippen LogP contribution in [0.25, 0.3) is 0 Å². The van der Waals surface area contributed by atoms with Crippen LogP contribution >= 0.6 is 0 Å². The lowest BCUT2D eigenvalue weighted by Gasteiger charge is -1.47. The third-order valence-electron chi connectivity index (χ3n) is 0.808. The summed E-state index contributed by atoms with van der Waals surface area (Å²) in [5.41, 5.74) is 6.23. The lowest BCUT2D eigenvalue weighted by Crippen LogP contribution is -2.40. The average Bonchev–Trinajstić information content (AvgIpc) is 1.94. The summed E-state index contributed by atoms with van der Waals surface area (Å²) in [5, 5.41) is 10.2. The minimum atomic E-state index is 0.565. The van der Waals surface area contributed by atoms with Gasteiger partial charge in [0.25, 0.3) is 11.4 Å². The fourth-order valence-electron chi connectivity index (χ4n) is 0.233. The molecule has 0 aromatic carbocycles.